The topological polar surface area (TPSA) is 43.1 Å². The number of halogens is 1. The van der Waals surface area contributed by atoms with Crippen LogP contribution >= 0.6 is 27.7 Å². The molecule has 3 nitrogen and oxygen atoms in total. The number of ketones is 1. The van der Waals surface area contributed by atoms with Crippen LogP contribution < -0.4 is 0 Å². The lowest BCUT2D eigenvalue weighted by atomic mass is 10.1. The van der Waals surface area contributed by atoms with E-state index in [9.17, 15) is 4.79 Å². The maximum atomic E-state index is 11.4. The summed E-state index contributed by atoms with van der Waals surface area (Å²) in [4.78, 5) is 16.3. The molecule has 1 heterocycles. The molecule has 0 amide bonds. The highest BCUT2D eigenvalue weighted by atomic mass is 79.9. The molecule has 0 aliphatic rings. The van der Waals surface area contributed by atoms with Crippen LogP contribution in [0.5, 0.6) is 0 Å². The summed E-state index contributed by atoms with van der Waals surface area (Å²) in [6, 6.07) is 5.51. The molecule has 0 saturated heterocycles. The van der Waals surface area contributed by atoms with E-state index in [0.29, 0.717) is 10.8 Å². The summed E-state index contributed by atoms with van der Waals surface area (Å²) in [7, 11) is 0. The van der Waals surface area contributed by atoms with E-state index < -0.39 is 0 Å². The van der Waals surface area contributed by atoms with Crippen molar-refractivity contribution in [3.05, 3.63) is 40.7 Å². The minimum absolute atomic E-state index is 0.0292. The van der Waals surface area contributed by atoms with Crippen LogP contribution in [0.1, 0.15) is 17.3 Å². The molecule has 82 valence electrons. The first-order chi connectivity index (χ1) is 7.66. The number of rotatable bonds is 3. The van der Waals surface area contributed by atoms with Gasteiger partial charge in [-0.2, -0.15) is 0 Å². The lowest BCUT2D eigenvalue weighted by Gasteiger charge is -2.04. The molecular weight excluding hydrogens is 290 g/mol. The molecule has 16 heavy (non-hydrogen) atoms. The zero-order valence-electron chi connectivity index (χ0n) is 8.44. The fourth-order valence-corrected chi connectivity index (χ4v) is 2.65. The Morgan fingerprint density at radius 2 is 2.31 bits per heavy atom. The van der Waals surface area contributed by atoms with Crippen LogP contribution in [0.25, 0.3) is 0 Å². The van der Waals surface area contributed by atoms with Gasteiger partial charge in [-0.1, -0.05) is 15.9 Å². The molecule has 0 aliphatic heterocycles. The molecule has 2 aromatic rings. The number of carbonyl (C=O) groups excluding carboxylic acids is 1. The van der Waals surface area contributed by atoms with Crippen LogP contribution in [-0.2, 0) is 0 Å². The van der Waals surface area contributed by atoms with Crippen LogP contribution in [0, 0.1) is 0 Å². The van der Waals surface area contributed by atoms with Crippen LogP contribution in [0.3, 0.4) is 0 Å². The summed E-state index contributed by atoms with van der Waals surface area (Å²) in [6.07, 6.45) is 3.08. The molecule has 5 heteroatoms. The van der Waals surface area contributed by atoms with Gasteiger partial charge in [-0.25, -0.2) is 4.98 Å². The summed E-state index contributed by atoms with van der Waals surface area (Å²) in [5.41, 5.74) is 0.673. The third-order valence-corrected chi connectivity index (χ3v) is 3.36. The first kappa shape index (κ1) is 11.4. The predicted octanol–water partition coefficient (Wildman–Crippen LogP) is 3.79. The molecule has 0 unspecified atom stereocenters. The van der Waals surface area contributed by atoms with Crippen LogP contribution in [0.4, 0.5) is 0 Å². The second-order valence-corrected chi connectivity index (χ2v) is 5.01. The van der Waals surface area contributed by atoms with Gasteiger partial charge in [0.2, 0.25) is 0 Å². The van der Waals surface area contributed by atoms with Gasteiger partial charge in [0.25, 0.3) is 5.22 Å². The Bertz CT molecular complexity index is 511. The zero-order chi connectivity index (χ0) is 11.5. The van der Waals surface area contributed by atoms with Gasteiger partial charge in [0.05, 0.1) is 6.20 Å². The maximum absolute atomic E-state index is 11.4. The average molecular weight is 298 g/mol. The van der Waals surface area contributed by atoms with E-state index in [0.717, 1.165) is 9.37 Å². The Morgan fingerprint density at radius 3 is 2.94 bits per heavy atom. The third-order valence-electron chi connectivity index (χ3n) is 1.93. The first-order valence-corrected chi connectivity index (χ1v) is 6.15. The van der Waals surface area contributed by atoms with E-state index in [1.165, 1.54) is 18.0 Å². The van der Waals surface area contributed by atoms with Crippen LogP contribution in [-0.4, -0.2) is 10.8 Å². The molecule has 0 atom stereocenters. The second kappa shape index (κ2) is 4.84. The summed E-state index contributed by atoms with van der Waals surface area (Å²) < 4.78 is 6.06. The molecule has 0 bridgehead atoms. The number of carbonyl (C=O) groups is 1. The molecule has 2 rings (SSSR count). The first-order valence-electron chi connectivity index (χ1n) is 4.54. The van der Waals surface area contributed by atoms with Crippen molar-refractivity contribution in [1.82, 2.24) is 4.98 Å². The quantitative estimate of drug-likeness (QED) is 0.809. The van der Waals surface area contributed by atoms with Crippen LogP contribution in [0.2, 0.25) is 0 Å². The van der Waals surface area contributed by atoms with Gasteiger partial charge >= 0.3 is 0 Å². The van der Waals surface area contributed by atoms with Crippen molar-refractivity contribution in [3.63, 3.8) is 0 Å². The maximum Gasteiger partial charge on any atom is 0.260 e. The largest absolute Gasteiger partial charge is 0.440 e. The number of benzene rings is 1. The van der Waals surface area contributed by atoms with Crippen molar-refractivity contribution >= 4 is 33.5 Å². The van der Waals surface area contributed by atoms with E-state index in [1.807, 2.05) is 12.1 Å². The molecule has 0 spiro atoms. The Hall–Kier alpha value is -1.07. The molecular formula is C11H8BrNO2S. The van der Waals surface area contributed by atoms with Crippen molar-refractivity contribution in [2.45, 2.75) is 17.0 Å². The molecule has 1 aromatic heterocycles. The number of oxazole rings is 1. The third kappa shape index (κ3) is 2.54. The lowest BCUT2D eigenvalue weighted by Crippen LogP contribution is -1.94. The fraction of sp³-hybridized carbons (Fsp3) is 0.0909. The van der Waals surface area contributed by atoms with Crippen molar-refractivity contribution < 1.29 is 9.21 Å². The summed E-state index contributed by atoms with van der Waals surface area (Å²) in [5.74, 6) is 0.0292. The molecule has 0 N–H and O–H groups in total. The van der Waals surface area contributed by atoms with Crippen molar-refractivity contribution in [3.8, 4) is 0 Å². The summed E-state index contributed by atoms with van der Waals surface area (Å²) >= 11 is 4.71. The fourth-order valence-electron chi connectivity index (χ4n) is 1.23. The minimum atomic E-state index is 0.0292. The monoisotopic (exact) mass is 297 g/mol. The Morgan fingerprint density at radius 1 is 1.50 bits per heavy atom. The summed E-state index contributed by atoms with van der Waals surface area (Å²) in [5, 5.41) is 0.528. The van der Waals surface area contributed by atoms with Gasteiger partial charge < -0.3 is 4.42 Å². The number of Topliss-reactive ketones (excluding diaryl/α,β-unsaturated/α-hetero) is 1. The van der Waals surface area contributed by atoms with Crippen molar-refractivity contribution in [2.24, 2.45) is 0 Å². The Balaban J connectivity index is 2.38. The van der Waals surface area contributed by atoms with Gasteiger partial charge in [-0.3, -0.25) is 4.79 Å². The number of hydrogen-bond donors (Lipinski definition) is 0. The van der Waals surface area contributed by atoms with E-state index in [1.54, 1.807) is 19.2 Å². The number of hydrogen-bond acceptors (Lipinski definition) is 4. The molecule has 1 aromatic carbocycles. The molecule has 0 saturated carbocycles. The summed E-state index contributed by atoms with van der Waals surface area (Å²) in [6.45, 7) is 1.54. The SMILES string of the molecule is CC(=O)c1ccc(Br)cc1Sc1ncco1. The normalized spacial score (nSPS) is 10.4. The predicted molar refractivity (Wildman–Crippen MR) is 64.8 cm³/mol. The number of nitrogens with zero attached hydrogens (tertiary/aromatic N) is 1. The minimum Gasteiger partial charge on any atom is -0.440 e. The zero-order valence-corrected chi connectivity index (χ0v) is 10.8. The number of aromatic nitrogens is 1. The van der Waals surface area contributed by atoms with Crippen molar-refractivity contribution in [1.29, 1.82) is 0 Å². The Labute approximate surface area is 105 Å². The highest BCUT2D eigenvalue weighted by Crippen LogP contribution is 2.31. The lowest BCUT2D eigenvalue weighted by molar-refractivity contribution is 0.101. The Kier molecular flexibility index (Phi) is 3.46. The average Bonchev–Trinajstić information content (AvgIpc) is 2.70. The van der Waals surface area contributed by atoms with Crippen LogP contribution in [0.15, 0.2) is 49.7 Å². The van der Waals surface area contributed by atoms with Gasteiger partial charge in [0.15, 0.2) is 5.78 Å². The van der Waals surface area contributed by atoms with Gasteiger partial charge in [-0.15, -0.1) is 0 Å². The van der Waals surface area contributed by atoms with Gasteiger partial charge in [0.1, 0.15) is 6.26 Å². The van der Waals surface area contributed by atoms with E-state index in [-0.39, 0.29) is 5.78 Å². The molecule has 0 fully saturated rings. The van der Waals surface area contributed by atoms with Crippen molar-refractivity contribution in [2.75, 3.05) is 0 Å². The highest BCUT2D eigenvalue weighted by molar-refractivity contribution is 9.10. The van der Waals surface area contributed by atoms with E-state index in [2.05, 4.69) is 20.9 Å². The highest BCUT2D eigenvalue weighted by Gasteiger charge is 2.11. The second-order valence-electron chi connectivity index (χ2n) is 3.10. The standard InChI is InChI=1S/C11H8BrNO2S/c1-7(14)9-3-2-8(12)6-10(9)16-11-13-4-5-15-11/h2-6H,1H3. The molecule has 0 radical (unpaired) electrons. The van der Waals surface area contributed by atoms with E-state index >= 15 is 0 Å². The van der Waals surface area contributed by atoms with Gasteiger partial charge in [0, 0.05) is 14.9 Å². The van der Waals surface area contributed by atoms with E-state index in [4.69, 9.17) is 4.42 Å². The van der Waals surface area contributed by atoms with Gasteiger partial charge in [-0.05, 0) is 36.9 Å². The smallest absolute Gasteiger partial charge is 0.260 e. The molecule has 0 aliphatic carbocycles.